The van der Waals surface area contributed by atoms with Crippen LogP contribution in [0.4, 0.5) is 0 Å². The molecule has 14 nitrogen and oxygen atoms in total. The van der Waals surface area contributed by atoms with Crippen molar-refractivity contribution < 1.29 is 53.5 Å². The summed E-state index contributed by atoms with van der Waals surface area (Å²) in [7, 11) is 2.46. The number of thioether (sulfide) groups is 1. The molecule has 0 spiro atoms. The Hall–Kier alpha value is -3.08. The Balaban J connectivity index is 0.00000588. The van der Waals surface area contributed by atoms with Crippen molar-refractivity contribution in [2.24, 2.45) is 5.73 Å². The zero-order valence-corrected chi connectivity index (χ0v) is 25.4. The standard InChI is InChI=1S/C25H29N3O11S.Na/c1-37-17(10-13-6-8-15(29)9-7-13)22(35)39-11-14-12-40-24-25(38-2,23(36)28(24)19(14)21(33)34)27-18(30)5-3-4-16(26)20(31)32;/h6-10,16,24,29H,3-5,11-12,26H2,1-2H3,(H,27,30)(H,31,32)(H,33,34);/b17-10-;/t16-,24-,25+;/m1./s1. The molecular weight excluding hydrogens is 573 g/mol. The molecule has 2 aliphatic heterocycles. The van der Waals surface area contributed by atoms with Gasteiger partial charge in [-0.05, 0) is 36.6 Å². The minimum absolute atomic E-state index is 0. The molecule has 0 aromatic heterocycles. The van der Waals surface area contributed by atoms with Crippen molar-refractivity contribution in [3.05, 3.63) is 46.9 Å². The van der Waals surface area contributed by atoms with Crippen molar-refractivity contribution >= 4 is 77.1 Å². The summed E-state index contributed by atoms with van der Waals surface area (Å²) in [6.07, 6.45) is 1.45. The SMILES string of the molecule is CO/C(=C\c1ccc(O)cc1)C(=O)OCC1=C(C(=O)O)N2C(=O)[C@](NC(=O)CCC[C@@H](N)C(=O)O)(OC)[C@H]2SC1.[Na]. The minimum Gasteiger partial charge on any atom is -0.508 e. The van der Waals surface area contributed by atoms with Crippen LogP contribution < -0.4 is 11.1 Å². The van der Waals surface area contributed by atoms with E-state index in [1.54, 1.807) is 12.1 Å². The van der Waals surface area contributed by atoms with E-state index in [9.17, 15) is 34.2 Å². The van der Waals surface area contributed by atoms with Gasteiger partial charge < -0.3 is 40.6 Å². The summed E-state index contributed by atoms with van der Waals surface area (Å²) in [6.45, 7) is -0.448. The maximum atomic E-state index is 13.2. The predicted molar refractivity (Wildman–Crippen MR) is 145 cm³/mol. The Morgan fingerprint density at radius 1 is 1.22 bits per heavy atom. The Morgan fingerprint density at radius 3 is 2.44 bits per heavy atom. The van der Waals surface area contributed by atoms with Gasteiger partial charge in [-0.3, -0.25) is 19.3 Å². The third-order valence-electron chi connectivity index (χ3n) is 6.19. The number of nitrogens with two attached hydrogens (primary N) is 1. The molecule has 2 heterocycles. The first-order chi connectivity index (χ1) is 18.9. The van der Waals surface area contributed by atoms with Crippen molar-refractivity contribution in [3.8, 4) is 5.75 Å². The number of nitrogens with one attached hydrogen (secondary N) is 1. The Morgan fingerprint density at radius 2 is 1.88 bits per heavy atom. The van der Waals surface area contributed by atoms with Gasteiger partial charge in [-0.15, -0.1) is 11.8 Å². The number of aliphatic carboxylic acids is 2. The molecule has 1 saturated heterocycles. The monoisotopic (exact) mass is 602 g/mol. The third kappa shape index (κ3) is 7.61. The summed E-state index contributed by atoms with van der Waals surface area (Å²) in [4.78, 5) is 62.2. The van der Waals surface area contributed by atoms with Crippen molar-refractivity contribution in [1.82, 2.24) is 10.2 Å². The van der Waals surface area contributed by atoms with Gasteiger partial charge in [0.15, 0.2) is 0 Å². The number of carbonyl (C=O) groups excluding carboxylic acids is 3. The average Bonchev–Trinajstić information content (AvgIpc) is 2.93. The van der Waals surface area contributed by atoms with Gasteiger partial charge in [-0.2, -0.15) is 0 Å². The fourth-order valence-corrected chi connectivity index (χ4v) is 5.50. The second-order valence-electron chi connectivity index (χ2n) is 8.80. The van der Waals surface area contributed by atoms with Gasteiger partial charge in [-0.25, -0.2) is 9.59 Å². The van der Waals surface area contributed by atoms with E-state index in [1.807, 2.05) is 0 Å². The van der Waals surface area contributed by atoms with Crippen LogP contribution >= 0.6 is 11.8 Å². The zero-order chi connectivity index (χ0) is 29.6. The molecule has 6 N–H and O–H groups in total. The first kappa shape index (κ1) is 34.1. The number of phenolic OH excluding ortho intramolecular Hbond substituents is 1. The van der Waals surface area contributed by atoms with E-state index in [1.165, 1.54) is 32.4 Å². The first-order valence-corrected chi connectivity index (χ1v) is 13.0. The molecule has 3 rings (SSSR count). The van der Waals surface area contributed by atoms with Gasteiger partial charge in [0.05, 0.1) is 7.11 Å². The maximum Gasteiger partial charge on any atom is 0.373 e. The number of hydrogen-bond acceptors (Lipinski definition) is 11. The van der Waals surface area contributed by atoms with Crippen LogP contribution in [0.15, 0.2) is 41.3 Å². The van der Waals surface area contributed by atoms with Crippen LogP contribution in [0, 0.1) is 0 Å². The fourth-order valence-electron chi connectivity index (χ4n) is 4.08. The average molecular weight is 603 g/mol. The predicted octanol–water partition coefficient (Wildman–Crippen LogP) is -0.163. The van der Waals surface area contributed by atoms with Gasteiger partial charge in [0.1, 0.15) is 29.5 Å². The number of benzene rings is 1. The summed E-state index contributed by atoms with van der Waals surface area (Å²) < 4.78 is 15.7. The summed E-state index contributed by atoms with van der Waals surface area (Å²) in [5, 5.41) is 29.7. The number of methoxy groups -OCH3 is 2. The second-order valence-corrected chi connectivity index (χ2v) is 9.87. The smallest absolute Gasteiger partial charge is 0.373 e. The van der Waals surface area contributed by atoms with Crippen LogP contribution in [0.25, 0.3) is 6.08 Å². The molecule has 0 unspecified atom stereocenters. The topological polar surface area (TPSA) is 215 Å². The van der Waals surface area contributed by atoms with Crippen molar-refractivity contribution in [1.29, 1.82) is 0 Å². The normalized spacial score (nSPS) is 20.7. The number of carboxylic acid groups (broad SMARTS) is 2. The molecule has 2 amide bonds. The number of aromatic hydroxyl groups is 1. The molecule has 217 valence electrons. The van der Waals surface area contributed by atoms with Gasteiger partial charge in [0.2, 0.25) is 11.7 Å². The van der Waals surface area contributed by atoms with Crippen LogP contribution in [0.2, 0.25) is 0 Å². The zero-order valence-electron chi connectivity index (χ0n) is 22.6. The number of β-lactam (4-membered cyclic amide) rings is 1. The number of esters is 1. The van der Waals surface area contributed by atoms with E-state index in [0.717, 1.165) is 16.7 Å². The van der Waals surface area contributed by atoms with Crippen LogP contribution in [0.1, 0.15) is 24.8 Å². The van der Waals surface area contributed by atoms with E-state index in [2.05, 4.69) is 5.32 Å². The minimum atomic E-state index is -1.82. The molecule has 0 aliphatic carbocycles. The first-order valence-electron chi connectivity index (χ1n) is 11.9. The van der Waals surface area contributed by atoms with Crippen LogP contribution in [0.5, 0.6) is 5.75 Å². The number of fused-ring (bicyclic) bond motifs is 1. The molecule has 1 aromatic carbocycles. The number of amides is 2. The third-order valence-corrected chi connectivity index (χ3v) is 7.56. The Bertz CT molecular complexity index is 1250. The van der Waals surface area contributed by atoms with Gasteiger partial charge in [0, 0.05) is 54.4 Å². The molecule has 1 fully saturated rings. The number of carbonyl (C=O) groups is 5. The number of nitrogens with zero attached hydrogens (tertiary/aromatic N) is 1. The second kappa shape index (κ2) is 14.7. The van der Waals surface area contributed by atoms with Crippen LogP contribution in [-0.4, -0.2) is 123 Å². The van der Waals surface area contributed by atoms with E-state index in [4.69, 9.17) is 25.1 Å². The molecule has 0 saturated carbocycles. The van der Waals surface area contributed by atoms with E-state index in [-0.39, 0.29) is 71.7 Å². The number of phenols is 1. The van der Waals surface area contributed by atoms with Gasteiger partial charge in [-0.1, -0.05) is 12.1 Å². The van der Waals surface area contributed by atoms with Crippen LogP contribution in [-0.2, 0) is 38.2 Å². The Kier molecular flexibility index (Phi) is 12.2. The molecule has 16 heteroatoms. The molecule has 41 heavy (non-hydrogen) atoms. The number of hydrogen-bond donors (Lipinski definition) is 5. The van der Waals surface area contributed by atoms with E-state index in [0.29, 0.717) is 5.56 Å². The van der Waals surface area contributed by atoms with E-state index < -0.39 is 59.2 Å². The van der Waals surface area contributed by atoms with Crippen molar-refractivity contribution in [2.45, 2.75) is 36.4 Å². The summed E-state index contributed by atoms with van der Waals surface area (Å²) in [6, 6.07) is 4.81. The summed E-state index contributed by atoms with van der Waals surface area (Å²) in [5.74, 6) is -5.02. The Labute approximate surface area is 261 Å². The van der Waals surface area contributed by atoms with Crippen LogP contribution in [0.3, 0.4) is 0 Å². The summed E-state index contributed by atoms with van der Waals surface area (Å²) >= 11 is 1.11. The maximum absolute atomic E-state index is 13.2. The number of rotatable bonds is 13. The largest absolute Gasteiger partial charge is 0.508 e. The fraction of sp³-hybridized carbons (Fsp3) is 0.400. The molecule has 2 aliphatic rings. The molecule has 1 aromatic rings. The number of carboxylic acids is 2. The van der Waals surface area contributed by atoms with Crippen molar-refractivity contribution in [2.75, 3.05) is 26.6 Å². The summed E-state index contributed by atoms with van der Waals surface area (Å²) in [5.41, 5.74) is 3.91. The molecular formula is C25H29N3NaO11S. The van der Waals surface area contributed by atoms with Gasteiger partial charge >= 0.3 is 17.9 Å². The van der Waals surface area contributed by atoms with Crippen molar-refractivity contribution in [3.63, 3.8) is 0 Å². The quantitative estimate of drug-likeness (QED) is 0.0496. The molecule has 0 bridgehead atoms. The number of ether oxygens (including phenoxy) is 3. The van der Waals surface area contributed by atoms with E-state index >= 15 is 0 Å². The van der Waals surface area contributed by atoms with Gasteiger partial charge in [0.25, 0.3) is 11.6 Å². The molecule has 1 radical (unpaired) electrons. The molecule has 3 atom stereocenters.